The van der Waals surface area contributed by atoms with Crippen molar-refractivity contribution in [2.24, 2.45) is 5.73 Å². The molecule has 2 nitrogen and oxygen atoms in total. The zero-order valence-corrected chi connectivity index (χ0v) is 8.79. The van der Waals surface area contributed by atoms with Crippen LogP contribution in [0.1, 0.15) is 22.0 Å². The van der Waals surface area contributed by atoms with E-state index in [2.05, 4.69) is 17.1 Å². The third-order valence-electron chi connectivity index (χ3n) is 2.10. The van der Waals surface area contributed by atoms with Crippen molar-refractivity contribution < 1.29 is 0 Å². The van der Waals surface area contributed by atoms with Crippen LogP contribution < -0.4 is 5.73 Å². The zero-order valence-electron chi connectivity index (χ0n) is 7.97. The fourth-order valence-electron chi connectivity index (χ4n) is 1.38. The van der Waals surface area contributed by atoms with Gasteiger partial charge >= 0.3 is 0 Å². The van der Waals surface area contributed by atoms with Crippen molar-refractivity contribution in [3.8, 4) is 0 Å². The fourth-order valence-corrected chi connectivity index (χ4v) is 2.14. The van der Waals surface area contributed by atoms with E-state index in [9.17, 15) is 0 Å². The minimum atomic E-state index is -0.0394. The molecule has 2 rings (SSSR count). The Balaban J connectivity index is 2.32. The molecule has 0 saturated heterocycles. The first-order chi connectivity index (χ1) is 6.77. The monoisotopic (exact) mass is 204 g/mol. The van der Waals surface area contributed by atoms with Crippen LogP contribution in [0.25, 0.3) is 0 Å². The van der Waals surface area contributed by atoms with Gasteiger partial charge in [-0.1, -0.05) is 12.1 Å². The average molecular weight is 204 g/mol. The summed E-state index contributed by atoms with van der Waals surface area (Å²) in [7, 11) is 0. The maximum absolute atomic E-state index is 6.10. The van der Waals surface area contributed by atoms with E-state index in [-0.39, 0.29) is 6.04 Å². The van der Waals surface area contributed by atoms with Crippen molar-refractivity contribution in [3.63, 3.8) is 0 Å². The normalized spacial score (nSPS) is 12.7. The Morgan fingerprint density at radius 1 is 1.43 bits per heavy atom. The van der Waals surface area contributed by atoms with E-state index in [0.717, 1.165) is 11.1 Å². The lowest BCUT2D eigenvalue weighted by Gasteiger charge is -2.09. The molecule has 0 aliphatic heterocycles. The highest BCUT2D eigenvalue weighted by Gasteiger charge is 2.09. The van der Waals surface area contributed by atoms with Gasteiger partial charge in [-0.15, -0.1) is 11.3 Å². The fraction of sp³-hybridized carbons (Fsp3) is 0.182. The number of nitrogens with zero attached hydrogens (tertiary/aromatic N) is 1. The molecular formula is C11H12N2S. The van der Waals surface area contributed by atoms with Crippen molar-refractivity contribution in [2.75, 3.05) is 0 Å². The summed E-state index contributed by atoms with van der Waals surface area (Å²) < 4.78 is 0. The second-order valence-electron chi connectivity index (χ2n) is 3.29. The molecule has 0 saturated carbocycles. The van der Waals surface area contributed by atoms with E-state index in [1.807, 2.05) is 30.8 Å². The SMILES string of the molecule is Cc1cncc(C(N)c2cccs2)c1. The molecule has 0 fully saturated rings. The second-order valence-corrected chi connectivity index (χ2v) is 4.27. The summed E-state index contributed by atoms with van der Waals surface area (Å²) in [6.07, 6.45) is 3.67. The van der Waals surface area contributed by atoms with Gasteiger partial charge in [0, 0.05) is 17.3 Å². The first-order valence-electron chi connectivity index (χ1n) is 4.48. The molecule has 0 aliphatic rings. The predicted octanol–water partition coefficient (Wildman–Crippen LogP) is 2.50. The van der Waals surface area contributed by atoms with Gasteiger partial charge < -0.3 is 5.73 Å². The summed E-state index contributed by atoms with van der Waals surface area (Å²) in [5.41, 5.74) is 8.32. The largest absolute Gasteiger partial charge is 0.320 e. The molecule has 2 aromatic rings. The topological polar surface area (TPSA) is 38.9 Å². The maximum atomic E-state index is 6.10. The lowest BCUT2D eigenvalue weighted by Crippen LogP contribution is -2.10. The number of nitrogens with two attached hydrogens (primary N) is 1. The van der Waals surface area contributed by atoms with Crippen LogP contribution in [0.2, 0.25) is 0 Å². The lowest BCUT2D eigenvalue weighted by molar-refractivity contribution is 0.881. The van der Waals surface area contributed by atoms with Gasteiger partial charge in [-0.05, 0) is 29.5 Å². The Labute approximate surface area is 87.4 Å². The molecule has 1 unspecified atom stereocenters. The summed E-state index contributed by atoms with van der Waals surface area (Å²) in [5, 5.41) is 2.04. The molecule has 0 amide bonds. The number of hydrogen-bond acceptors (Lipinski definition) is 3. The minimum Gasteiger partial charge on any atom is -0.320 e. The van der Waals surface area contributed by atoms with Gasteiger partial charge in [-0.2, -0.15) is 0 Å². The van der Waals surface area contributed by atoms with Crippen LogP contribution in [0.15, 0.2) is 36.0 Å². The number of pyridine rings is 1. The molecule has 0 spiro atoms. The quantitative estimate of drug-likeness (QED) is 0.816. The Hall–Kier alpha value is -1.19. The molecule has 0 aliphatic carbocycles. The molecule has 2 N–H and O–H groups in total. The summed E-state index contributed by atoms with van der Waals surface area (Å²) in [6.45, 7) is 2.03. The molecule has 0 bridgehead atoms. The standard InChI is InChI=1S/C11H12N2S/c1-8-5-9(7-13-6-8)11(12)10-3-2-4-14-10/h2-7,11H,12H2,1H3. The Morgan fingerprint density at radius 3 is 2.93 bits per heavy atom. The zero-order chi connectivity index (χ0) is 9.97. The van der Waals surface area contributed by atoms with Crippen molar-refractivity contribution in [2.45, 2.75) is 13.0 Å². The number of aryl methyl sites for hydroxylation is 1. The first-order valence-corrected chi connectivity index (χ1v) is 5.36. The summed E-state index contributed by atoms with van der Waals surface area (Å²) >= 11 is 1.68. The highest BCUT2D eigenvalue weighted by Crippen LogP contribution is 2.23. The van der Waals surface area contributed by atoms with E-state index in [0.29, 0.717) is 0 Å². The van der Waals surface area contributed by atoms with Crippen LogP contribution in [0.5, 0.6) is 0 Å². The van der Waals surface area contributed by atoms with Gasteiger partial charge in [-0.25, -0.2) is 0 Å². The smallest absolute Gasteiger partial charge is 0.0661 e. The summed E-state index contributed by atoms with van der Waals surface area (Å²) in [5.74, 6) is 0. The van der Waals surface area contributed by atoms with Crippen LogP contribution in [0.4, 0.5) is 0 Å². The van der Waals surface area contributed by atoms with Crippen molar-refractivity contribution in [3.05, 3.63) is 52.0 Å². The molecule has 0 radical (unpaired) electrons. The van der Waals surface area contributed by atoms with Gasteiger partial charge in [0.1, 0.15) is 0 Å². The van der Waals surface area contributed by atoms with Crippen molar-refractivity contribution in [1.29, 1.82) is 0 Å². The molecule has 72 valence electrons. The summed E-state index contributed by atoms with van der Waals surface area (Å²) in [4.78, 5) is 5.32. The van der Waals surface area contributed by atoms with Crippen molar-refractivity contribution >= 4 is 11.3 Å². The van der Waals surface area contributed by atoms with Crippen LogP contribution in [-0.4, -0.2) is 4.98 Å². The molecule has 0 aromatic carbocycles. The highest BCUT2D eigenvalue weighted by atomic mass is 32.1. The van der Waals surface area contributed by atoms with Crippen LogP contribution >= 0.6 is 11.3 Å². The first kappa shape index (κ1) is 9.37. The van der Waals surface area contributed by atoms with E-state index in [1.54, 1.807) is 11.3 Å². The Kier molecular flexibility index (Phi) is 2.61. The van der Waals surface area contributed by atoms with Crippen LogP contribution in [0.3, 0.4) is 0 Å². The number of rotatable bonds is 2. The van der Waals surface area contributed by atoms with Crippen LogP contribution in [0, 0.1) is 6.92 Å². The molecule has 14 heavy (non-hydrogen) atoms. The Morgan fingerprint density at radius 2 is 2.29 bits per heavy atom. The van der Waals surface area contributed by atoms with E-state index < -0.39 is 0 Å². The number of aromatic nitrogens is 1. The van der Waals surface area contributed by atoms with E-state index >= 15 is 0 Å². The third kappa shape index (κ3) is 1.84. The lowest BCUT2D eigenvalue weighted by atomic mass is 10.1. The van der Waals surface area contributed by atoms with Crippen LogP contribution in [-0.2, 0) is 0 Å². The average Bonchev–Trinajstić information content (AvgIpc) is 2.69. The van der Waals surface area contributed by atoms with Gasteiger partial charge in [0.25, 0.3) is 0 Å². The minimum absolute atomic E-state index is 0.0394. The van der Waals surface area contributed by atoms with E-state index in [4.69, 9.17) is 5.73 Å². The van der Waals surface area contributed by atoms with Gasteiger partial charge in [0.05, 0.1) is 6.04 Å². The highest BCUT2D eigenvalue weighted by molar-refractivity contribution is 7.10. The molecule has 2 heterocycles. The third-order valence-corrected chi connectivity index (χ3v) is 3.06. The molecule has 1 atom stereocenters. The van der Waals surface area contributed by atoms with E-state index in [1.165, 1.54) is 4.88 Å². The predicted molar refractivity (Wildman–Crippen MR) is 59.3 cm³/mol. The Bertz CT molecular complexity index is 409. The molecule has 3 heteroatoms. The van der Waals surface area contributed by atoms with Gasteiger partial charge in [-0.3, -0.25) is 4.98 Å². The number of hydrogen-bond donors (Lipinski definition) is 1. The molecule has 2 aromatic heterocycles. The number of thiophene rings is 1. The second kappa shape index (κ2) is 3.90. The van der Waals surface area contributed by atoms with Gasteiger partial charge in [0.2, 0.25) is 0 Å². The molecular weight excluding hydrogens is 192 g/mol. The maximum Gasteiger partial charge on any atom is 0.0661 e. The van der Waals surface area contributed by atoms with Gasteiger partial charge in [0.15, 0.2) is 0 Å². The van der Waals surface area contributed by atoms with Crippen molar-refractivity contribution in [1.82, 2.24) is 4.98 Å². The summed E-state index contributed by atoms with van der Waals surface area (Å²) in [6, 6.07) is 6.11.